The third-order valence-corrected chi connectivity index (χ3v) is 3.12. The molecule has 4 heteroatoms. The maximum Gasteiger partial charge on any atom is 0.179 e. The number of aliphatic hydroxyl groups excluding tert-OH is 1. The van der Waals surface area contributed by atoms with Gasteiger partial charge >= 0.3 is 0 Å². The largest absolute Gasteiger partial charge is 0.486 e. The number of rotatable bonds is 4. The van der Waals surface area contributed by atoms with Gasteiger partial charge in [-0.05, 0) is 24.1 Å². The van der Waals surface area contributed by atoms with Gasteiger partial charge in [0.05, 0.1) is 11.1 Å². The molecule has 0 bridgehead atoms. The zero-order valence-electron chi connectivity index (χ0n) is 9.91. The van der Waals surface area contributed by atoms with E-state index in [1.807, 2.05) is 6.07 Å². The molecule has 3 nitrogen and oxygen atoms in total. The Morgan fingerprint density at radius 3 is 2.88 bits per heavy atom. The Bertz CT molecular complexity index is 392. The first-order valence-electron chi connectivity index (χ1n) is 5.99. The number of benzene rings is 1. The van der Waals surface area contributed by atoms with E-state index in [4.69, 9.17) is 21.1 Å². The molecule has 0 saturated heterocycles. The number of unbranched alkanes of at least 4 members (excludes halogenated alkanes) is 1. The Balaban J connectivity index is 2.21. The summed E-state index contributed by atoms with van der Waals surface area (Å²) in [5, 5.41) is 10.5. The standard InChI is InChI=1S/C13H17ClO3/c1-2-3-4-11(15)9-7-10(14)13-12(8-9)16-5-6-17-13/h7-8,11,15H,2-6H2,1H3. The van der Waals surface area contributed by atoms with Gasteiger partial charge < -0.3 is 14.6 Å². The SMILES string of the molecule is CCCCC(O)c1cc(Cl)c2c(c1)OCCO2. The Morgan fingerprint density at radius 1 is 1.35 bits per heavy atom. The number of fused-ring (bicyclic) bond motifs is 1. The zero-order chi connectivity index (χ0) is 12.3. The lowest BCUT2D eigenvalue weighted by Gasteiger charge is -2.21. The van der Waals surface area contributed by atoms with Crippen LogP contribution in [-0.4, -0.2) is 18.3 Å². The van der Waals surface area contributed by atoms with Crippen molar-refractivity contribution < 1.29 is 14.6 Å². The molecule has 0 spiro atoms. The van der Waals surface area contributed by atoms with Gasteiger partial charge in [-0.2, -0.15) is 0 Å². The fraction of sp³-hybridized carbons (Fsp3) is 0.538. The molecule has 0 amide bonds. The second-order valence-corrected chi connectivity index (χ2v) is 4.59. The monoisotopic (exact) mass is 256 g/mol. The van der Waals surface area contributed by atoms with Crippen LogP contribution >= 0.6 is 11.6 Å². The summed E-state index contributed by atoms with van der Waals surface area (Å²) in [6.07, 6.45) is 2.32. The van der Waals surface area contributed by atoms with E-state index in [-0.39, 0.29) is 0 Å². The van der Waals surface area contributed by atoms with Gasteiger partial charge in [0.1, 0.15) is 13.2 Å². The molecule has 1 aromatic carbocycles. The highest BCUT2D eigenvalue weighted by Crippen LogP contribution is 2.40. The van der Waals surface area contributed by atoms with Crippen molar-refractivity contribution in [3.8, 4) is 11.5 Å². The van der Waals surface area contributed by atoms with Crippen molar-refractivity contribution >= 4 is 11.6 Å². The highest BCUT2D eigenvalue weighted by molar-refractivity contribution is 6.32. The number of hydrogen-bond acceptors (Lipinski definition) is 3. The van der Waals surface area contributed by atoms with Crippen molar-refractivity contribution in [3.63, 3.8) is 0 Å². The molecule has 1 N–H and O–H groups in total. The van der Waals surface area contributed by atoms with E-state index in [0.29, 0.717) is 29.7 Å². The molecule has 1 atom stereocenters. The van der Waals surface area contributed by atoms with Crippen LogP contribution in [0.5, 0.6) is 11.5 Å². The van der Waals surface area contributed by atoms with Gasteiger partial charge in [-0.25, -0.2) is 0 Å². The Labute approximate surface area is 106 Å². The lowest BCUT2D eigenvalue weighted by Crippen LogP contribution is -2.16. The fourth-order valence-electron chi connectivity index (χ4n) is 1.89. The topological polar surface area (TPSA) is 38.7 Å². The molecule has 2 rings (SSSR count). The van der Waals surface area contributed by atoms with Gasteiger partial charge in [0.25, 0.3) is 0 Å². The van der Waals surface area contributed by atoms with E-state index in [2.05, 4.69) is 6.92 Å². The normalized spacial score (nSPS) is 15.7. The van der Waals surface area contributed by atoms with Crippen molar-refractivity contribution in [3.05, 3.63) is 22.7 Å². The first-order valence-corrected chi connectivity index (χ1v) is 6.37. The second-order valence-electron chi connectivity index (χ2n) is 4.18. The van der Waals surface area contributed by atoms with E-state index in [0.717, 1.165) is 24.8 Å². The molecular weight excluding hydrogens is 240 g/mol. The molecule has 1 aliphatic heterocycles. The van der Waals surface area contributed by atoms with E-state index in [9.17, 15) is 5.11 Å². The minimum absolute atomic E-state index is 0.483. The number of halogens is 1. The van der Waals surface area contributed by atoms with Crippen LogP contribution in [0, 0.1) is 0 Å². The van der Waals surface area contributed by atoms with Gasteiger partial charge in [0.15, 0.2) is 11.5 Å². The second kappa shape index (κ2) is 5.61. The predicted octanol–water partition coefficient (Wildman–Crippen LogP) is 3.33. The molecule has 0 fully saturated rings. The molecule has 0 aliphatic carbocycles. The van der Waals surface area contributed by atoms with Crippen molar-refractivity contribution in [1.82, 2.24) is 0 Å². The summed E-state index contributed by atoms with van der Waals surface area (Å²) >= 11 is 6.11. The van der Waals surface area contributed by atoms with Gasteiger partial charge in [-0.3, -0.25) is 0 Å². The minimum atomic E-state index is -0.483. The van der Waals surface area contributed by atoms with Crippen LogP contribution in [-0.2, 0) is 0 Å². The van der Waals surface area contributed by atoms with Crippen molar-refractivity contribution in [1.29, 1.82) is 0 Å². The minimum Gasteiger partial charge on any atom is -0.486 e. The van der Waals surface area contributed by atoms with E-state index in [1.165, 1.54) is 0 Å². The summed E-state index contributed by atoms with van der Waals surface area (Å²) in [6.45, 7) is 3.14. The molecule has 0 saturated carbocycles. The third-order valence-electron chi connectivity index (χ3n) is 2.84. The summed E-state index contributed by atoms with van der Waals surface area (Å²) in [5.74, 6) is 1.22. The van der Waals surface area contributed by atoms with Gasteiger partial charge in [-0.1, -0.05) is 31.4 Å². The molecule has 17 heavy (non-hydrogen) atoms. The van der Waals surface area contributed by atoms with Crippen LogP contribution in [0.3, 0.4) is 0 Å². The summed E-state index contributed by atoms with van der Waals surface area (Å²) in [6, 6.07) is 3.58. The van der Waals surface area contributed by atoms with Crippen LogP contribution in [0.1, 0.15) is 37.9 Å². The third kappa shape index (κ3) is 2.85. The maximum atomic E-state index is 10.0. The average molecular weight is 257 g/mol. The molecule has 0 radical (unpaired) electrons. The van der Waals surface area contributed by atoms with Crippen LogP contribution < -0.4 is 9.47 Å². The van der Waals surface area contributed by atoms with Crippen LogP contribution in [0.2, 0.25) is 5.02 Å². The van der Waals surface area contributed by atoms with Crippen molar-refractivity contribution in [2.45, 2.75) is 32.3 Å². The van der Waals surface area contributed by atoms with Gasteiger partial charge in [0.2, 0.25) is 0 Å². The first kappa shape index (κ1) is 12.5. The first-order chi connectivity index (χ1) is 8.22. The molecule has 1 aliphatic rings. The van der Waals surface area contributed by atoms with Crippen LogP contribution in [0.15, 0.2) is 12.1 Å². The molecule has 94 valence electrons. The van der Waals surface area contributed by atoms with Crippen molar-refractivity contribution in [2.75, 3.05) is 13.2 Å². The Hall–Kier alpha value is -0.930. The molecule has 0 aromatic heterocycles. The smallest absolute Gasteiger partial charge is 0.179 e. The van der Waals surface area contributed by atoms with Crippen LogP contribution in [0.4, 0.5) is 0 Å². The average Bonchev–Trinajstić information content (AvgIpc) is 2.36. The number of aliphatic hydroxyl groups is 1. The lowest BCUT2D eigenvalue weighted by atomic mass is 10.0. The van der Waals surface area contributed by atoms with E-state index >= 15 is 0 Å². The lowest BCUT2D eigenvalue weighted by molar-refractivity contribution is 0.157. The molecule has 1 aromatic rings. The summed E-state index contributed by atoms with van der Waals surface area (Å²) < 4.78 is 10.9. The highest BCUT2D eigenvalue weighted by atomic mass is 35.5. The summed E-state index contributed by atoms with van der Waals surface area (Å²) in [7, 11) is 0. The molecule has 1 heterocycles. The Kier molecular flexibility index (Phi) is 4.13. The van der Waals surface area contributed by atoms with Gasteiger partial charge in [0, 0.05) is 0 Å². The quantitative estimate of drug-likeness (QED) is 0.898. The fourth-order valence-corrected chi connectivity index (χ4v) is 2.16. The van der Waals surface area contributed by atoms with Crippen LogP contribution in [0.25, 0.3) is 0 Å². The van der Waals surface area contributed by atoms with Crippen molar-refractivity contribution in [2.24, 2.45) is 0 Å². The molecular formula is C13H17ClO3. The zero-order valence-corrected chi connectivity index (χ0v) is 10.7. The number of ether oxygens (including phenoxy) is 2. The van der Waals surface area contributed by atoms with E-state index in [1.54, 1.807) is 6.07 Å². The molecule has 1 unspecified atom stereocenters. The Morgan fingerprint density at radius 2 is 2.12 bits per heavy atom. The summed E-state index contributed by atoms with van der Waals surface area (Å²) in [4.78, 5) is 0. The predicted molar refractivity (Wildman–Crippen MR) is 66.9 cm³/mol. The van der Waals surface area contributed by atoms with E-state index < -0.39 is 6.10 Å². The summed E-state index contributed by atoms with van der Waals surface area (Å²) in [5.41, 5.74) is 0.799. The van der Waals surface area contributed by atoms with Gasteiger partial charge in [-0.15, -0.1) is 0 Å². The number of hydrogen-bond donors (Lipinski definition) is 1. The maximum absolute atomic E-state index is 10.0. The highest BCUT2D eigenvalue weighted by Gasteiger charge is 2.19.